The molecule has 0 fully saturated rings. The van der Waals surface area contributed by atoms with Gasteiger partial charge in [-0.15, -0.1) is 11.3 Å². The second-order valence-electron chi connectivity index (χ2n) is 2.65. The molecule has 1 aromatic rings. The normalized spacial score (nSPS) is 12.1. The molecular weight excluding hydrogens is 221 g/mol. The predicted molar refractivity (Wildman–Crippen MR) is 48.3 cm³/mol. The number of thiophene rings is 1. The fourth-order valence-corrected chi connectivity index (χ4v) is 2.26. The van der Waals surface area contributed by atoms with Crippen molar-refractivity contribution in [2.75, 3.05) is 0 Å². The fourth-order valence-electron chi connectivity index (χ4n) is 1.08. The zero-order valence-corrected chi connectivity index (χ0v) is 8.48. The zero-order chi connectivity index (χ0) is 10.1. The van der Waals surface area contributed by atoms with E-state index in [1.807, 2.05) is 6.92 Å². The monoisotopic (exact) mass is 228 g/mol. The lowest BCUT2D eigenvalue weighted by Crippen LogP contribution is -2.06. The summed E-state index contributed by atoms with van der Waals surface area (Å²) < 4.78 is 37.3. The summed E-state index contributed by atoms with van der Waals surface area (Å²) in [6.45, 7) is 1.83. The van der Waals surface area contributed by atoms with E-state index >= 15 is 0 Å². The molecule has 1 heterocycles. The SMILES string of the molecule is CCCc1c(C(F)(F)F)csc1Cl. The van der Waals surface area contributed by atoms with E-state index in [9.17, 15) is 13.2 Å². The summed E-state index contributed by atoms with van der Waals surface area (Å²) in [6, 6.07) is 0. The first-order valence-electron chi connectivity index (χ1n) is 3.80. The predicted octanol–water partition coefficient (Wildman–Crippen LogP) is 4.37. The molecule has 0 unspecified atom stereocenters. The molecule has 74 valence electrons. The van der Waals surface area contributed by atoms with Gasteiger partial charge in [0.2, 0.25) is 0 Å². The van der Waals surface area contributed by atoms with Crippen LogP contribution in [0.15, 0.2) is 5.38 Å². The molecule has 0 spiro atoms. The Hall–Kier alpha value is -0.220. The highest BCUT2D eigenvalue weighted by Crippen LogP contribution is 2.39. The van der Waals surface area contributed by atoms with Crippen molar-refractivity contribution in [1.29, 1.82) is 0 Å². The highest BCUT2D eigenvalue weighted by Gasteiger charge is 2.34. The summed E-state index contributed by atoms with van der Waals surface area (Å²) in [5.74, 6) is 0. The summed E-state index contributed by atoms with van der Waals surface area (Å²) in [5.41, 5.74) is -0.342. The van der Waals surface area contributed by atoms with Gasteiger partial charge in [0.1, 0.15) is 0 Å². The minimum Gasteiger partial charge on any atom is -0.166 e. The first-order chi connectivity index (χ1) is 5.96. The summed E-state index contributed by atoms with van der Waals surface area (Å²) in [7, 11) is 0. The van der Waals surface area contributed by atoms with Crippen molar-refractivity contribution in [2.24, 2.45) is 0 Å². The molecule has 0 N–H and O–H groups in total. The summed E-state index contributed by atoms with van der Waals surface area (Å²) >= 11 is 6.59. The van der Waals surface area contributed by atoms with E-state index < -0.39 is 11.7 Å². The number of halogens is 4. The summed E-state index contributed by atoms with van der Waals surface area (Å²) in [5, 5.41) is 1.08. The minimum atomic E-state index is -4.27. The molecule has 0 aliphatic heterocycles. The van der Waals surface area contributed by atoms with Gasteiger partial charge in [0.15, 0.2) is 0 Å². The molecule has 0 aliphatic rings. The van der Waals surface area contributed by atoms with Gasteiger partial charge in [-0.05, 0) is 12.0 Å². The summed E-state index contributed by atoms with van der Waals surface area (Å²) in [6.07, 6.45) is -3.22. The zero-order valence-electron chi connectivity index (χ0n) is 6.91. The van der Waals surface area contributed by atoms with Gasteiger partial charge < -0.3 is 0 Å². The van der Waals surface area contributed by atoms with Crippen molar-refractivity contribution >= 4 is 22.9 Å². The van der Waals surface area contributed by atoms with Crippen LogP contribution in [-0.2, 0) is 12.6 Å². The molecule has 0 radical (unpaired) electrons. The van der Waals surface area contributed by atoms with Crippen LogP contribution >= 0.6 is 22.9 Å². The maximum Gasteiger partial charge on any atom is 0.417 e. The lowest BCUT2D eigenvalue weighted by Gasteiger charge is -2.07. The van der Waals surface area contributed by atoms with E-state index in [0.717, 1.165) is 16.7 Å². The number of hydrogen-bond donors (Lipinski definition) is 0. The number of hydrogen-bond acceptors (Lipinski definition) is 1. The van der Waals surface area contributed by atoms with Gasteiger partial charge in [0.05, 0.1) is 9.90 Å². The molecule has 0 nitrogen and oxygen atoms in total. The first-order valence-corrected chi connectivity index (χ1v) is 5.05. The molecule has 5 heteroatoms. The average molecular weight is 229 g/mol. The van der Waals surface area contributed by atoms with Gasteiger partial charge in [-0.3, -0.25) is 0 Å². The Labute approximate surface area is 83.3 Å². The van der Waals surface area contributed by atoms with Crippen molar-refractivity contribution in [3.05, 3.63) is 20.8 Å². The molecular formula is C8H8ClF3S. The molecule has 0 aromatic carbocycles. The van der Waals surface area contributed by atoms with Gasteiger partial charge >= 0.3 is 6.18 Å². The van der Waals surface area contributed by atoms with E-state index in [2.05, 4.69) is 0 Å². The second-order valence-corrected chi connectivity index (χ2v) is 4.13. The van der Waals surface area contributed by atoms with Crippen LogP contribution in [0, 0.1) is 0 Å². The van der Waals surface area contributed by atoms with Crippen molar-refractivity contribution in [3.8, 4) is 0 Å². The van der Waals surface area contributed by atoms with Gasteiger partial charge in [-0.25, -0.2) is 0 Å². The Morgan fingerprint density at radius 1 is 1.46 bits per heavy atom. The van der Waals surface area contributed by atoms with Crippen LogP contribution in [0.4, 0.5) is 13.2 Å². The van der Waals surface area contributed by atoms with Crippen LogP contribution in [0.25, 0.3) is 0 Å². The highest BCUT2D eigenvalue weighted by molar-refractivity contribution is 7.14. The van der Waals surface area contributed by atoms with Crippen LogP contribution in [-0.4, -0.2) is 0 Å². The van der Waals surface area contributed by atoms with Crippen LogP contribution in [0.3, 0.4) is 0 Å². The lowest BCUT2D eigenvalue weighted by atomic mass is 10.1. The molecule has 0 saturated heterocycles. The smallest absolute Gasteiger partial charge is 0.166 e. The number of alkyl halides is 3. The molecule has 0 atom stereocenters. The van der Waals surface area contributed by atoms with Gasteiger partial charge in [0, 0.05) is 5.38 Å². The molecule has 0 saturated carbocycles. The molecule has 1 rings (SSSR count). The fraction of sp³-hybridized carbons (Fsp3) is 0.500. The Morgan fingerprint density at radius 2 is 2.08 bits per heavy atom. The summed E-state index contributed by atoms with van der Waals surface area (Å²) in [4.78, 5) is 0. The van der Waals surface area contributed by atoms with Crippen molar-refractivity contribution in [2.45, 2.75) is 25.9 Å². The maximum absolute atomic E-state index is 12.3. The quantitative estimate of drug-likeness (QED) is 0.705. The van der Waals surface area contributed by atoms with Crippen LogP contribution < -0.4 is 0 Å². The highest BCUT2D eigenvalue weighted by atomic mass is 35.5. The standard InChI is InChI=1S/C8H8ClF3S/c1-2-3-5-6(8(10,11)12)4-13-7(5)9/h4H,2-3H2,1H3. The Bertz CT molecular complexity index is 290. The van der Waals surface area contributed by atoms with Crippen LogP contribution in [0.5, 0.6) is 0 Å². The third-order valence-corrected chi connectivity index (χ3v) is 2.95. The Balaban J connectivity index is 3.07. The molecule has 1 aromatic heterocycles. The molecule has 0 bridgehead atoms. The van der Waals surface area contributed by atoms with E-state index in [4.69, 9.17) is 11.6 Å². The third kappa shape index (κ3) is 2.38. The maximum atomic E-state index is 12.3. The Morgan fingerprint density at radius 3 is 2.54 bits per heavy atom. The van der Waals surface area contributed by atoms with Crippen molar-refractivity contribution < 1.29 is 13.2 Å². The molecule has 13 heavy (non-hydrogen) atoms. The van der Waals surface area contributed by atoms with Crippen molar-refractivity contribution in [1.82, 2.24) is 0 Å². The average Bonchev–Trinajstić information content (AvgIpc) is 2.32. The second kappa shape index (κ2) is 3.88. The topological polar surface area (TPSA) is 0 Å². The van der Waals surface area contributed by atoms with E-state index in [1.165, 1.54) is 0 Å². The lowest BCUT2D eigenvalue weighted by molar-refractivity contribution is -0.137. The molecule has 0 amide bonds. The Kier molecular flexibility index (Phi) is 3.24. The van der Waals surface area contributed by atoms with Crippen LogP contribution in [0.2, 0.25) is 4.34 Å². The van der Waals surface area contributed by atoms with Gasteiger partial charge in [-0.1, -0.05) is 24.9 Å². The minimum absolute atomic E-state index is 0.238. The largest absolute Gasteiger partial charge is 0.417 e. The number of rotatable bonds is 2. The van der Waals surface area contributed by atoms with E-state index in [0.29, 0.717) is 12.8 Å². The van der Waals surface area contributed by atoms with Crippen molar-refractivity contribution in [3.63, 3.8) is 0 Å². The van der Waals surface area contributed by atoms with Gasteiger partial charge in [-0.2, -0.15) is 13.2 Å². The third-order valence-electron chi connectivity index (χ3n) is 1.65. The van der Waals surface area contributed by atoms with Crippen LogP contribution in [0.1, 0.15) is 24.5 Å². The van der Waals surface area contributed by atoms with Gasteiger partial charge in [0.25, 0.3) is 0 Å². The first kappa shape index (κ1) is 10.9. The molecule has 0 aliphatic carbocycles. The van der Waals surface area contributed by atoms with E-state index in [1.54, 1.807) is 0 Å². The van der Waals surface area contributed by atoms with E-state index in [-0.39, 0.29) is 9.90 Å².